The predicted molar refractivity (Wildman–Crippen MR) is 166 cm³/mol. The van der Waals surface area contributed by atoms with Crippen LogP contribution in [0.4, 0.5) is 0 Å². The van der Waals surface area contributed by atoms with Crippen LogP contribution in [0.5, 0.6) is 0 Å². The molecule has 0 amide bonds. The summed E-state index contributed by atoms with van der Waals surface area (Å²) in [6.07, 6.45) is 28.4. The molecule has 2 atom stereocenters. The topological polar surface area (TPSA) is 72.0 Å². The van der Waals surface area contributed by atoms with Crippen LogP contribution in [-0.2, 0) is 0 Å². The maximum absolute atomic E-state index is 9.03. The molecule has 0 aromatic heterocycles. The van der Waals surface area contributed by atoms with Crippen molar-refractivity contribution in [2.75, 3.05) is 32.7 Å². The van der Waals surface area contributed by atoms with E-state index in [0.29, 0.717) is 12.1 Å². The molecule has 0 aromatic rings. The second kappa shape index (κ2) is 16.7. The van der Waals surface area contributed by atoms with Crippen LogP contribution in [0.25, 0.3) is 0 Å². The number of aliphatic imine (C=N–C) groups is 1. The number of nitrogens with zero attached hydrogens (tertiary/aromatic N) is 4. The Balaban J connectivity index is 1.16. The predicted octanol–water partition coefficient (Wildman–Crippen LogP) is 7.38. The molecule has 6 nitrogen and oxygen atoms in total. The van der Waals surface area contributed by atoms with E-state index in [1.165, 1.54) is 135 Å². The van der Waals surface area contributed by atoms with Gasteiger partial charge in [0.15, 0.2) is 11.9 Å². The first-order valence-corrected chi connectivity index (χ1v) is 17.3. The lowest BCUT2D eigenvalue weighted by atomic mass is 9.84. The summed E-state index contributed by atoms with van der Waals surface area (Å²) in [5.41, 5.74) is 6.32. The molecule has 2 heterocycles. The fraction of sp³-hybridized carbons (Fsp3) is 0.939. The van der Waals surface area contributed by atoms with Gasteiger partial charge in [0, 0.05) is 32.2 Å². The lowest BCUT2D eigenvalue weighted by Crippen LogP contribution is -2.41. The van der Waals surface area contributed by atoms with Gasteiger partial charge in [-0.1, -0.05) is 103 Å². The van der Waals surface area contributed by atoms with Crippen molar-refractivity contribution in [2.24, 2.45) is 22.6 Å². The van der Waals surface area contributed by atoms with Gasteiger partial charge in [0.25, 0.3) is 0 Å². The molecule has 2 aliphatic carbocycles. The van der Waals surface area contributed by atoms with Crippen LogP contribution >= 0.6 is 0 Å². The third-order valence-corrected chi connectivity index (χ3v) is 10.4. The van der Waals surface area contributed by atoms with Crippen molar-refractivity contribution in [1.82, 2.24) is 14.7 Å². The summed E-state index contributed by atoms with van der Waals surface area (Å²) in [5, 5.41) is 9.03. The van der Waals surface area contributed by atoms with E-state index in [9.17, 15) is 0 Å². The molecular formula is C33H62N6. The fourth-order valence-corrected chi connectivity index (χ4v) is 7.99. The van der Waals surface area contributed by atoms with Gasteiger partial charge in [0.1, 0.15) is 0 Å². The summed E-state index contributed by atoms with van der Waals surface area (Å²) in [5.74, 6) is 3.47. The normalized spacial score (nSPS) is 25.2. The molecule has 6 heteroatoms. The first-order valence-electron chi connectivity index (χ1n) is 17.3. The number of rotatable bonds is 17. The van der Waals surface area contributed by atoms with Crippen LogP contribution < -0.4 is 5.73 Å². The number of hydrogen-bond donors (Lipinski definition) is 2. The second-order valence-electron chi connectivity index (χ2n) is 13.5. The monoisotopic (exact) mass is 543 g/mol. The summed E-state index contributed by atoms with van der Waals surface area (Å²) < 4.78 is 0. The molecule has 3 N–H and O–H groups in total. The molecule has 0 aromatic carbocycles. The molecule has 0 unspecified atom stereocenters. The third kappa shape index (κ3) is 9.56. The van der Waals surface area contributed by atoms with E-state index < -0.39 is 0 Å². The quantitative estimate of drug-likeness (QED) is 0.188. The number of nitrogens with one attached hydrogen (secondary N) is 1. The van der Waals surface area contributed by atoms with Crippen molar-refractivity contribution in [1.29, 1.82) is 5.41 Å². The average Bonchev–Trinajstić information content (AvgIpc) is 3.46. The second-order valence-corrected chi connectivity index (χ2v) is 13.5. The molecule has 0 radical (unpaired) electrons. The SMILES string of the molecule is CCCCCCN1C(=N)N(CCCC[C@H]2CN=C(N)N2CCCCC2CCCCC2)C[C@@H]1CC1CCCCC1. The van der Waals surface area contributed by atoms with Gasteiger partial charge in [-0.2, -0.15) is 0 Å². The highest BCUT2D eigenvalue weighted by Crippen LogP contribution is 2.32. The molecule has 4 rings (SSSR count). The van der Waals surface area contributed by atoms with E-state index in [4.69, 9.17) is 11.1 Å². The Morgan fingerprint density at radius 3 is 2.10 bits per heavy atom. The van der Waals surface area contributed by atoms with Crippen LogP contribution in [0.15, 0.2) is 4.99 Å². The Hall–Kier alpha value is -1.46. The van der Waals surface area contributed by atoms with Crippen molar-refractivity contribution in [3.63, 3.8) is 0 Å². The Morgan fingerprint density at radius 1 is 0.718 bits per heavy atom. The molecule has 3 fully saturated rings. The lowest BCUT2D eigenvalue weighted by molar-refractivity contribution is 0.241. The van der Waals surface area contributed by atoms with E-state index >= 15 is 0 Å². The van der Waals surface area contributed by atoms with Gasteiger partial charge in [0.2, 0.25) is 0 Å². The Morgan fingerprint density at radius 2 is 1.36 bits per heavy atom. The van der Waals surface area contributed by atoms with Crippen LogP contribution in [0, 0.1) is 17.2 Å². The highest BCUT2D eigenvalue weighted by atomic mass is 15.4. The number of hydrogen-bond acceptors (Lipinski definition) is 4. The molecule has 0 bridgehead atoms. The van der Waals surface area contributed by atoms with Crippen LogP contribution in [0.3, 0.4) is 0 Å². The molecule has 2 saturated carbocycles. The van der Waals surface area contributed by atoms with E-state index in [1.807, 2.05) is 0 Å². The number of guanidine groups is 2. The van der Waals surface area contributed by atoms with Crippen LogP contribution in [0.1, 0.15) is 142 Å². The zero-order valence-corrected chi connectivity index (χ0v) is 25.6. The maximum Gasteiger partial charge on any atom is 0.194 e. The lowest BCUT2D eigenvalue weighted by Gasteiger charge is -2.30. The van der Waals surface area contributed by atoms with Gasteiger partial charge in [-0.25, -0.2) is 0 Å². The van der Waals surface area contributed by atoms with Crippen molar-refractivity contribution >= 4 is 11.9 Å². The molecular weight excluding hydrogens is 480 g/mol. The highest BCUT2D eigenvalue weighted by molar-refractivity contribution is 5.80. The number of unbranched alkanes of at least 4 members (excludes halogenated alkanes) is 5. The summed E-state index contributed by atoms with van der Waals surface area (Å²) in [7, 11) is 0. The molecule has 4 aliphatic rings. The maximum atomic E-state index is 9.03. The van der Waals surface area contributed by atoms with Crippen molar-refractivity contribution in [2.45, 2.75) is 154 Å². The summed E-state index contributed by atoms with van der Waals surface area (Å²) >= 11 is 0. The zero-order chi connectivity index (χ0) is 27.3. The molecule has 2 aliphatic heterocycles. The zero-order valence-electron chi connectivity index (χ0n) is 25.6. The molecule has 0 spiro atoms. The van der Waals surface area contributed by atoms with Crippen LogP contribution in [0.2, 0.25) is 0 Å². The molecule has 39 heavy (non-hydrogen) atoms. The van der Waals surface area contributed by atoms with E-state index in [2.05, 4.69) is 26.6 Å². The first-order chi connectivity index (χ1) is 19.2. The van der Waals surface area contributed by atoms with Crippen molar-refractivity contribution in [3.8, 4) is 0 Å². The molecule has 1 saturated heterocycles. The minimum Gasteiger partial charge on any atom is -0.370 e. The largest absolute Gasteiger partial charge is 0.370 e. The standard InChI is InChI=1S/C33H62N6/c1-2-3-4-13-24-39-31(25-29-19-9-6-10-20-29)27-37(33(39)35)22-14-12-21-30-26-36-32(34)38(30)23-15-11-18-28-16-7-5-8-17-28/h28-31,35H,2-27H2,1H3,(H2,34,36)/t30-,31-/m0/s1. The van der Waals surface area contributed by atoms with Gasteiger partial charge in [-0.3, -0.25) is 10.4 Å². The summed E-state index contributed by atoms with van der Waals surface area (Å²) in [6.45, 7) is 7.45. The molecule has 224 valence electrons. The summed E-state index contributed by atoms with van der Waals surface area (Å²) in [4.78, 5) is 11.9. The summed E-state index contributed by atoms with van der Waals surface area (Å²) in [6, 6.07) is 1.06. The van der Waals surface area contributed by atoms with Gasteiger partial charge < -0.3 is 20.4 Å². The number of nitrogens with two attached hydrogens (primary N) is 1. The fourth-order valence-electron chi connectivity index (χ4n) is 7.99. The van der Waals surface area contributed by atoms with E-state index in [1.54, 1.807) is 0 Å². The van der Waals surface area contributed by atoms with Crippen molar-refractivity contribution < 1.29 is 0 Å². The Labute approximate surface area is 241 Å². The third-order valence-electron chi connectivity index (χ3n) is 10.4. The van der Waals surface area contributed by atoms with E-state index in [0.717, 1.165) is 56.5 Å². The Bertz CT molecular complexity index is 726. The van der Waals surface area contributed by atoms with Crippen molar-refractivity contribution in [3.05, 3.63) is 0 Å². The minimum absolute atomic E-state index is 0.492. The van der Waals surface area contributed by atoms with Gasteiger partial charge in [-0.15, -0.1) is 0 Å². The average molecular weight is 543 g/mol. The Kier molecular flexibility index (Phi) is 13.1. The minimum atomic E-state index is 0.492. The highest BCUT2D eigenvalue weighted by Gasteiger charge is 2.35. The van der Waals surface area contributed by atoms with E-state index in [-0.39, 0.29) is 0 Å². The first kappa shape index (κ1) is 30.5. The van der Waals surface area contributed by atoms with Gasteiger partial charge >= 0.3 is 0 Å². The smallest absolute Gasteiger partial charge is 0.194 e. The van der Waals surface area contributed by atoms with Gasteiger partial charge in [-0.05, 0) is 50.4 Å². The van der Waals surface area contributed by atoms with Gasteiger partial charge in [0.05, 0.1) is 12.6 Å². The van der Waals surface area contributed by atoms with Crippen LogP contribution in [-0.4, -0.2) is 71.4 Å².